The molecule has 0 aliphatic heterocycles. The Balaban J connectivity index is 2.15. The summed E-state index contributed by atoms with van der Waals surface area (Å²) in [6.45, 7) is 0.349. The molecule has 0 radical (unpaired) electrons. The highest BCUT2D eigenvalue weighted by molar-refractivity contribution is 5.91. The highest BCUT2D eigenvalue weighted by atomic mass is 16.1. The Morgan fingerprint density at radius 2 is 2.47 bits per heavy atom. The number of aromatic nitrogens is 2. The van der Waals surface area contributed by atoms with Crippen LogP contribution in [0.25, 0.3) is 11.0 Å². The van der Waals surface area contributed by atoms with Gasteiger partial charge in [0, 0.05) is 6.54 Å². The maximum atomic E-state index is 10.7. The van der Waals surface area contributed by atoms with E-state index in [-0.39, 0.29) is 0 Å². The first-order chi connectivity index (χ1) is 7.29. The molecule has 74 valence electrons. The average molecular weight is 200 g/mol. The Hall–Kier alpha value is -2.35. The molecule has 2 N–H and O–H groups in total. The number of hydrogen-bond acceptors (Lipinski definition) is 3. The molecular formula is C10H8N4O. The first-order valence-electron chi connectivity index (χ1n) is 4.39. The molecule has 2 aromatic rings. The van der Waals surface area contributed by atoms with E-state index in [0.29, 0.717) is 6.54 Å². The quantitative estimate of drug-likeness (QED) is 0.700. The van der Waals surface area contributed by atoms with Crippen molar-refractivity contribution < 1.29 is 4.79 Å². The second-order valence-electron chi connectivity index (χ2n) is 3.05. The molecule has 0 aliphatic carbocycles. The molecule has 15 heavy (non-hydrogen) atoms. The van der Waals surface area contributed by atoms with Crippen LogP contribution in [0.2, 0.25) is 0 Å². The summed E-state index contributed by atoms with van der Waals surface area (Å²) in [6, 6.07) is 7.11. The molecular weight excluding hydrogens is 192 g/mol. The van der Waals surface area contributed by atoms with Crippen molar-refractivity contribution in [2.45, 2.75) is 6.54 Å². The predicted molar refractivity (Wildman–Crippen MR) is 53.6 cm³/mol. The van der Waals surface area contributed by atoms with E-state index in [1.807, 2.05) is 18.2 Å². The van der Waals surface area contributed by atoms with Gasteiger partial charge in [0.05, 0.1) is 17.4 Å². The van der Waals surface area contributed by atoms with Gasteiger partial charge in [-0.25, -0.2) is 4.98 Å². The summed E-state index contributed by atoms with van der Waals surface area (Å²) in [5.74, 6) is -0.625. The maximum Gasteiger partial charge on any atom is 0.322 e. The van der Waals surface area contributed by atoms with Crippen molar-refractivity contribution in [1.29, 1.82) is 5.26 Å². The molecule has 1 aromatic heterocycles. The van der Waals surface area contributed by atoms with E-state index < -0.39 is 5.91 Å². The third-order valence-electron chi connectivity index (χ3n) is 2.04. The molecule has 1 amide bonds. The lowest BCUT2D eigenvalue weighted by Crippen LogP contribution is -2.20. The zero-order chi connectivity index (χ0) is 10.7. The van der Waals surface area contributed by atoms with E-state index >= 15 is 0 Å². The monoisotopic (exact) mass is 200 g/mol. The number of carbonyl (C=O) groups is 1. The topological polar surface area (TPSA) is 81.6 Å². The number of fused-ring (bicyclic) bond motifs is 1. The molecule has 0 unspecified atom stereocenters. The Morgan fingerprint density at radius 3 is 3.27 bits per heavy atom. The number of nitrogens with one attached hydrogen (secondary N) is 2. The minimum Gasteiger partial charge on any atom is -0.345 e. The lowest BCUT2D eigenvalue weighted by molar-refractivity contribution is -0.116. The van der Waals surface area contributed by atoms with Gasteiger partial charge in [-0.05, 0) is 17.7 Å². The van der Waals surface area contributed by atoms with Gasteiger partial charge >= 0.3 is 5.91 Å². The van der Waals surface area contributed by atoms with E-state index in [2.05, 4.69) is 15.3 Å². The number of amides is 1. The lowest BCUT2D eigenvalue weighted by Gasteiger charge is -2.00. The van der Waals surface area contributed by atoms with Crippen molar-refractivity contribution >= 4 is 16.9 Å². The van der Waals surface area contributed by atoms with E-state index in [1.54, 1.807) is 6.33 Å². The van der Waals surface area contributed by atoms with Crippen LogP contribution in [-0.2, 0) is 11.3 Å². The number of rotatable bonds is 2. The maximum absolute atomic E-state index is 10.7. The number of nitrogens with zero attached hydrogens (tertiary/aromatic N) is 2. The van der Waals surface area contributed by atoms with Crippen LogP contribution in [0.3, 0.4) is 0 Å². The van der Waals surface area contributed by atoms with Crippen molar-refractivity contribution in [2.75, 3.05) is 0 Å². The summed E-state index contributed by atoms with van der Waals surface area (Å²) in [7, 11) is 0. The summed E-state index contributed by atoms with van der Waals surface area (Å²) in [5, 5.41) is 10.7. The van der Waals surface area contributed by atoms with Gasteiger partial charge < -0.3 is 10.3 Å². The number of hydrogen-bond donors (Lipinski definition) is 2. The summed E-state index contributed by atoms with van der Waals surface area (Å²) < 4.78 is 0. The van der Waals surface area contributed by atoms with Crippen molar-refractivity contribution in [1.82, 2.24) is 15.3 Å². The number of imidazole rings is 1. The van der Waals surface area contributed by atoms with Gasteiger partial charge in [0.1, 0.15) is 0 Å². The summed E-state index contributed by atoms with van der Waals surface area (Å²) in [4.78, 5) is 17.8. The SMILES string of the molecule is N#CC(=O)NCc1ccc2nc[nH]c2c1. The zero-order valence-corrected chi connectivity index (χ0v) is 7.82. The largest absolute Gasteiger partial charge is 0.345 e. The minimum absolute atomic E-state index is 0.349. The van der Waals surface area contributed by atoms with Gasteiger partial charge in [-0.3, -0.25) is 4.79 Å². The fourth-order valence-corrected chi connectivity index (χ4v) is 1.31. The number of benzene rings is 1. The van der Waals surface area contributed by atoms with Gasteiger partial charge in [0.25, 0.3) is 0 Å². The van der Waals surface area contributed by atoms with Gasteiger partial charge in [-0.1, -0.05) is 6.07 Å². The van der Waals surface area contributed by atoms with E-state index in [1.165, 1.54) is 6.07 Å². The molecule has 0 saturated heterocycles. The Labute approximate surface area is 85.7 Å². The molecule has 5 nitrogen and oxygen atoms in total. The molecule has 0 fully saturated rings. The van der Waals surface area contributed by atoms with Gasteiger partial charge in [-0.15, -0.1) is 0 Å². The smallest absolute Gasteiger partial charge is 0.322 e. The Bertz CT molecular complexity index is 538. The van der Waals surface area contributed by atoms with Crippen LogP contribution in [0.1, 0.15) is 5.56 Å². The second kappa shape index (κ2) is 3.80. The second-order valence-corrected chi connectivity index (χ2v) is 3.05. The number of nitriles is 1. The highest BCUT2D eigenvalue weighted by Crippen LogP contribution is 2.11. The lowest BCUT2D eigenvalue weighted by atomic mass is 10.2. The number of H-pyrrole nitrogens is 1. The van der Waals surface area contributed by atoms with E-state index in [0.717, 1.165) is 16.6 Å². The molecule has 0 atom stereocenters. The molecule has 0 spiro atoms. The highest BCUT2D eigenvalue weighted by Gasteiger charge is 2.00. The van der Waals surface area contributed by atoms with E-state index in [9.17, 15) is 4.79 Å². The fourth-order valence-electron chi connectivity index (χ4n) is 1.31. The van der Waals surface area contributed by atoms with Gasteiger partial charge in [0.2, 0.25) is 0 Å². The van der Waals surface area contributed by atoms with Gasteiger partial charge in [-0.2, -0.15) is 5.26 Å². The van der Waals surface area contributed by atoms with Crippen LogP contribution in [0, 0.1) is 11.3 Å². The molecule has 1 aromatic carbocycles. The zero-order valence-electron chi connectivity index (χ0n) is 7.82. The minimum atomic E-state index is -0.625. The standard InChI is InChI=1S/C10H8N4O/c11-4-10(15)12-5-7-1-2-8-9(3-7)14-6-13-8/h1-3,6H,5H2,(H,12,15)(H,13,14). The van der Waals surface area contributed by atoms with Crippen LogP contribution in [0.4, 0.5) is 0 Å². The van der Waals surface area contributed by atoms with Crippen LogP contribution < -0.4 is 5.32 Å². The average Bonchev–Trinajstić information content (AvgIpc) is 2.72. The van der Waals surface area contributed by atoms with E-state index in [4.69, 9.17) is 5.26 Å². The molecule has 0 saturated carbocycles. The molecule has 0 bridgehead atoms. The number of aromatic amines is 1. The van der Waals surface area contributed by atoms with Crippen molar-refractivity contribution in [2.24, 2.45) is 0 Å². The van der Waals surface area contributed by atoms with Crippen LogP contribution in [0.5, 0.6) is 0 Å². The fraction of sp³-hybridized carbons (Fsp3) is 0.100. The molecule has 5 heteroatoms. The third-order valence-corrected chi connectivity index (χ3v) is 2.04. The Kier molecular flexibility index (Phi) is 2.33. The third kappa shape index (κ3) is 1.94. The van der Waals surface area contributed by atoms with Crippen LogP contribution in [0.15, 0.2) is 24.5 Å². The normalized spacial score (nSPS) is 9.80. The predicted octanol–water partition coefficient (Wildman–Crippen LogP) is 0.703. The summed E-state index contributed by atoms with van der Waals surface area (Å²) in [6.07, 6.45) is 1.61. The first-order valence-corrected chi connectivity index (χ1v) is 4.39. The van der Waals surface area contributed by atoms with Crippen molar-refractivity contribution in [3.8, 4) is 6.07 Å². The first kappa shape index (κ1) is 9.21. The molecule has 1 heterocycles. The van der Waals surface area contributed by atoms with Crippen LogP contribution in [-0.4, -0.2) is 15.9 Å². The summed E-state index contributed by atoms with van der Waals surface area (Å²) in [5.41, 5.74) is 2.72. The van der Waals surface area contributed by atoms with Crippen LogP contribution >= 0.6 is 0 Å². The van der Waals surface area contributed by atoms with Crippen molar-refractivity contribution in [3.63, 3.8) is 0 Å². The molecule has 2 rings (SSSR count). The number of carbonyl (C=O) groups excluding carboxylic acids is 1. The summed E-state index contributed by atoms with van der Waals surface area (Å²) >= 11 is 0. The molecule has 0 aliphatic rings. The van der Waals surface area contributed by atoms with Gasteiger partial charge in [0.15, 0.2) is 6.07 Å². The Morgan fingerprint density at radius 1 is 1.60 bits per heavy atom. The van der Waals surface area contributed by atoms with Crippen molar-refractivity contribution in [3.05, 3.63) is 30.1 Å².